The molecule has 3 rings (SSSR count). The van der Waals surface area contributed by atoms with E-state index in [1.165, 1.54) is 11.3 Å². The van der Waals surface area contributed by atoms with Crippen molar-refractivity contribution in [2.45, 2.75) is 58.5 Å². The van der Waals surface area contributed by atoms with Gasteiger partial charge < -0.3 is 14.8 Å². The average molecular weight is 450 g/mol. The average Bonchev–Trinajstić information content (AvgIpc) is 2.99. The lowest BCUT2D eigenvalue weighted by atomic mass is 10.1. The van der Waals surface area contributed by atoms with Gasteiger partial charge in [0.2, 0.25) is 5.43 Å². The van der Waals surface area contributed by atoms with Gasteiger partial charge in [-0.2, -0.15) is 0 Å². The number of pyridine rings is 1. The third-order valence-electron chi connectivity index (χ3n) is 5.57. The van der Waals surface area contributed by atoms with Gasteiger partial charge in [-0.3, -0.25) is 14.4 Å². The first-order valence-electron chi connectivity index (χ1n) is 10.5. The molecule has 2 aromatic rings. The van der Waals surface area contributed by atoms with Crippen LogP contribution in [0.1, 0.15) is 77.6 Å². The van der Waals surface area contributed by atoms with Crippen molar-refractivity contribution in [2.24, 2.45) is 0 Å². The molecule has 1 fully saturated rings. The van der Waals surface area contributed by atoms with Gasteiger partial charge in [-0.15, -0.1) is 11.3 Å². The first-order chi connectivity index (χ1) is 14.4. The Morgan fingerprint density at radius 1 is 1.13 bits per heavy atom. The van der Waals surface area contributed by atoms with Crippen molar-refractivity contribution < 1.29 is 9.59 Å². The van der Waals surface area contributed by atoms with Crippen LogP contribution < -0.4 is 10.7 Å². The summed E-state index contributed by atoms with van der Waals surface area (Å²) in [7, 11) is 0. The van der Waals surface area contributed by atoms with Gasteiger partial charge in [0, 0.05) is 36.4 Å². The summed E-state index contributed by atoms with van der Waals surface area (Å²) in [5, 5.41) is 2.78. The minimum Gasteiger partial charge on any atom is -0.350 e. The normalized spacial score (nSPS) is 15.5. The zero-order valence-corrected chi connectivity index (χ0v) is 19.0. The fourth-order valence-electron chi connectivity index (χ4n) is 3.53. The molecule has 162 valence electrons. The molecule has 0 aromatic carbocycles. The third kappa shape index (κ3) is 5.32. The zero-order valence-electron chi connectivity index (χ0n) is 17.4. The Labute approximate surface area is 185 Å². The zero-order chi connectivity index (χ0) is 21.7. The monoisotopic (exact) mass is 449 g/mol. The smallest absolute Gasteiger partial charge is 0.259 e. The number of thiophene rings is 1. The molecule has 0 unspecified atom stereocenters. The Kier molecular flexibility index (Phi) is 7.72. The van der Waals surface area contributed by atoms with E-state index in [1.807, 2.05) is 24.5 Å². The van der Waals surface area contributed by atoms with E-state index in [0.29, 0.717) is 17.4 Å². The molecule has 1 aliphatic rings. The minimum atomic E-state index is -0.509. The molecule has 1 N–H and O–H groups in total. The quantitative estimate of drug-likeness (QED) is 0.706. The summed E-state index contributed by atoms with van der Waals surface area (Å²) in [6.07, 6.45) is 8.05. The fraction of sp³-hybridized carbons (Fsp3) is 0.500. The van der Waals surface area contributed by atoms with Gasteiger partial charge in [-0.05, 0) is 38.3 Å². The predicted molar refractivity (Wildman–Crippen MR) is 121 cm³/mol. The summed E-state index contributed by atoms with van der Waals surface area (Å²) < 4.78 is 2.45. The second-order valence-corrected chi connectivity index (χ2v) is 9.51. The topological polar surface area (TPSA) is 71.4 Å². The molecule has 0 bridgehead atoms. The summed E-state index contributed by atoms with van der Waals surface area (Å²) in [5.41, 5.74) is -0.437. The van der Waals surface area contributed by atoms with Gasteiger partial charge >= 0.3 is 0 Å². The number of likely N-dealkylation sites (tertiary alicyclic amines) is 1. The number of amides is 2. The molecule has 30 heavy (non-hydrogen) atoms. The molecule has 6 nitrogen and oxygen atoms in total. The van der Waals surface area contributed by atoms with E-state index in [2.05, 4.69) is 5.32 Å². The van der Waals surface area contributed by atoms with Crippen LogP contribution in [-0.4, -0.2) is 34.4 Å². The molecule has 3 heterocycles. The molecule has 2 amide bonds. The fourth-order valence-corrected chi connectivity index (χ4v) is 4.56. The summed E-state index contributed by atoms with van der Waals surface area (Å²) in [4.78, 5) is 41.8. The highest BCUT2D eigenvalue weighted by Gasteiger charge is 2.24. The SMILES string of the molecule is CC[C@@H](C)n1cc(C(=O)NCc2ccc(Cl)s2)c(=O)c(C(=O)N2CCCCCC2)c1. The molecule has 2 aromatic heterocycles. The Morgan fingerprint density at radius 2 is 1.80 bits per heavy atom. The van der Waals surface area contributed by atoms with Crippen LogP contribution in [0.5, 0.6) is 0 Å². The van der Waals surface area contributed by atoms with E-state index in [9.17, 15) is 14.4 Å². The van der Waals surface area contributed by atoms with Gasteiger partial charge in [0.15, 0.2) is 0 Å². The Bertz CT molecular complexity index is 961. The first kappa shape index (κ1) is 22.6. The van der Waals surface area contributed by atoms with Crippen LogP contribution in [0.15, 0.2) is 29.3 Å². The van der Waals surface area contributed by atoms with Crippen LogP contribution >= 0.6 is 22.9 Å². The van der Waals surface area contributed by atoms with Crippen LogP contribution in [0.4, 0.5) is 0 Å². The van der Waals surface area contributed by atoms with Gasteiger partial charge in [0.1, 0.15) is 11.1 Å². The minimum absolute atomic E-state index is 0.00127. The molecule has 0 aliphatic carbocycles. The molecule has 0 radical (unpaired) electrons. The van der Waals surface area contributed by atoms with Crippen molar-refractivity contribution in [3.05, 3.63) is 55.1 Å². The van der Waals surface area contributed by atoms with Crippen LogP contribution in [0.2, 0.25) is 4.34 Å². The Morgan fingerprint density at radius 3 is 2.40 bits per heavy atom. The summed E-state index contributed by atoms with van der Waals surface area (Å²) >= 11 is 7.32. The largest absolute Gasteiger partial charge is 0.350 e. The lowest BCUT2D eigenvalue weighted by Crippen LogP contribution is -2.38. The lowest BCUT2D eigenvalue weighted by molar-refractivity contribution is 0.0759. The highest BCUT2D eigenvalue weighted by atomic mass is 35.5. The van der Waals surface area contributed by atoms with Crippen molar-refractivity contribution in [1.82, 2.24) is 14.8 Å². The lowest BCUT2D eigenvalue weighted by Gasteiger charge is -2.22. The van der Waals surface area contributed by atoms with Crippen molar-refractivity contribution >= 4 is 34.8 Å². The summed E-state index contributed by atoms with van der Waals surface area (Å²) in [6, 6.07) is 3.66. The van der Waals surface area contributed by atoms with Crippen LogP contribution in [0.3, 0.4) is 0 Å². The molecule has 0 saturated carbocycles. The number of hydrogen-bond donors (Lipinski definition) is 1. The Balaban J connectivity index is 1.91. The summed E-state index contributed by atoms with van der Waals surface area (Å²) in [6.45, 7) is 5.61. The van der Waals surface area contributed by atoms with Gasteiger partial charge in [-0.25, -0.2) is 0 Å². The molecule has 1 atom stereocenters. The molecule has 8 heteroatoms. The number of hydrogen-bond acceptors (Lipinski definition) is 4. The van der Waals surface area contributed by atoms with Crippen LogP contribution in [0, 0.1) is 0 Å². The van der Waals surface area contributed by atoms with Crippen molar-refractivity contribution in [3.63, 3.8) is 0 Å². The number of rotatable bonds is 6. The highest BCUT2D eigenvalue weighted by Crippen LogP contribution is 2.21. The maximum absolute atomic E-state index is 13.2. The summed E-state index contributed by atoms with van der Waals surface area (Å²) in [5.74, 6) is -0.759. The van der Waals surface area contributed by atoms with Crippen LogP contribution in [-0.2, 0) is 6.54 Å². The van der Waals surface area contributed by atoms with Gasteiger partial charge in [0.25, 0.3) is 11.8 Å². The van der Waals surface area contributed by atoms with Crippen LogP contribution in [0.25, 0.3) is 0 Å². The van der Waals surface area contributed by atoms with Gasteiger partial charge in [-0.1, -0.05) is 31.4 Å². The van der Waals surface area contributed by atoms with Crippen molar-refractivity contribution in [1.29, 1.82) is 0 Å². The number of nitrogens with one attached hydrogen (secondary N) is 1. The molecule has 0 spiro atoms. The van der Waals surface area contributed by atoms with Crippen molar-refractivity contribution in [2.75, 3.05) is 13.1 Å². The number of nitrogens with zero attached hydrogens (tertiary/aromatic N) is 2. The molecular formula is C22H28ClN3O3S. The van der Waals surface area contributed by atoms with E-state index in [1.54, 1.807) is 23.4 Å². The highest BCUT2D eigenvalue weighted by molar-refractivity contribution is 7.16. The molecular weight excluding hydrogens is 422 g/mol. The second-order valence-electron chi connectivity index (χ2n) is 7.71. The van der Waals surface area contributed by atoms with E-state index in [0.717, 1.165) is 37.0 Å². The predicted octanol–water partition coefficient (Wildman–Crippen LogP) is 4.48. The number of carbonyl (C=O) groups excluding carboxylic acids is 2. The van der Waals surface area contributed by atoms with E-state index >= 15 is 0 Å². The number of carbonyl (C=O) groups is 2. The van der Waals surface area contributed by atoms with E-state index < -0.39 is 11.3 Å². The van der Waals surface area contributed by atoms with E-state index in [4.69, 9.17) is 11.6 Å². The molecule has 1 saturated heterocycles. The maximum atomic E-state index is 13.2. The van der Waals surface area contributed by atoms with Crippen molar-refractivity contribution in [3.8, 4) is 0 Å². The second kappa shape index (κ2) is 10.3. The number of halogens is 1. The van der Waals surface area contributed by atoms with E-state index in [-0.39, 0.29) is 29.6 Å². The third-order valence-corrected chi connectivity index (χ3v) is 6.80. The van der Waals surface area contributed by atoms with Gasteiger partial charge in [0.05, 0.1) is 10.9 Å². The Hall–Kier alpha value is -2.12. The molecule has 1 aliphatic heterocycles. The maximum Gasteiger partial charge on any atom is 0.259 e. The number of aromatic nitrogens is 1. The first-order valence-corrected chi connectivity index (χ1v) is 11.7. The standard InChI is InChI=1S/C22H28ClN3O3S/c1-3-15(2)26-13-17(21(28)24-12-16-8-9-19(23)30-16)20(27)18(14-26)22(29)25-10-6-4-5-7-11-25/h8-9,13-15H,3-7,10-12H2,1-2H3,(H,24,28)/t15-/m1/s1.